The van der Waals surface area contributed by atoms with Gasteiger partial charge >= 0.3 is 0 Å². The van der Waals surface area contributed by atoms with Crippen molar-refractivity contribution in [1.29, 1.82) is 0 Å². The van der Waals surface area contributed by atoms with Gasteiger partial charge < -0.3 is 16.0 Å². The molecule has 2 amide bonds. The van der Waals surface area contributed by atoms with E-state index in [0.29, 0.717) is 0 Å². The first kappa shape index (κ1) is 17.0. The van der Waals surface area contributed by atoms with Crippen molar-refractivity contribution in [3.63, 3.8) is 0 Å². The third-order valence-corrected chi connectivity index (χ3v) is 4.70. The number of amides is 2. The SMILES string of the molecule is CC(C(=O)Nc1ccccc1N1CCC(C(N)=O)CC1)n1cccn1. The number of para-hydroxylation sites is 2. The summed E-state index contributed by atoms with van der Waals surface area (Å²) in [5, 5.41) is 7.11. The summed E-state index contributed by atoms with van der Waals surface area (Å²) >= 11 is 0. The van der Waals surface area contributed by atoms with Gasteiger partial charge in [0.2, 0.25) is 11.8 Å². The lowest BCUT2D eigenvalue weighted by Gasteiger charge is -2.33. The highest BCUT2D eigenvalue weighted by molar-refractivity contribution is 5.96. The summed E-state index contributed by atoms with van der Waals surface area (Å²) in [6, 6.07) is 9.11. The number of nitrogens with one attached hydrogen (secondary N) is 1. The molecule has 0 saturated carbocycles. The molecule has 7 heteroatoms. The smallest absolute Gasteiger partial charge is 0.249 e. The lowest BCUT2D eigenvalue weighted by Crippen LogP contribution is -2.39. The van der Waals surface area contributed by atoms with Crippen LogP contribution in [0.3, 0.4) is 0 Å². The average molecular weight is 341 g/mol. The van der Waals surface area contributed by atoms with E-state index in [1.807, 2.05) is 31.2 Å². The summed E-state index contributed by atoms with van der Waals surface area (Å²) in [5.74, 6) is -0.407. The van der Waals surface area contributed by atoms with E-state index in [4.69, 9.17) is 5.73 Å². The number of benzene rings is 1. The zero-order chi connectivity index (χ0) is 17.8. The van der Waals surface area contributed by atoms with Crippen molar-refractivity contribution in [3.05, 3.63) is 42.7 Å². The number of nitrogens with zero attached hydrogens (tertiary/aromatic N) is 3. The number of rotatable bonds is 5. The molecule has 0 radical (unpaired) electrons. The van der Waals surface area contributed by atoms with Crippen LogP contribution in [0.25, 0.3) is 0 Å². The minimum atomic E-state index is -0.399. The highest BCUT2D eigenvalue weighted by atomic mass is 16.2. The zero-order valence-electron chi connectivity index (χ0n) is 14.3. The monoisotopic (exact) mass is 341 g/mol. The summed E-state index contributed by atoms with van der Waals surface area (Å²) in [7, 11) is 0. The van der Waals surface area contributed by atoms with Gasteiger partial charge in [-0.25, -0.2) is 0 Å². The lowest BCUT2D eigenvalue weighted by molar-refractivity contribution is -0.122. The van der Waals surface area contributed by atoms with E-state index in [0.717, 1.165) is 37.3 Å². The van der Waals surface area contributed by atoms with Crippen molar-refractivity contribution in [2.75, 3.05) is 23.3 Å². The number of carbonyl (C=O) groups excluding carboxylic acids is 2. The van der Waals surface area contributed by atoms with Crippen LogP contribution in [0.1, 0.15) is 25.8 Å². The van der Waals surface area contributed by atoms with Crippen molar-refractivity contribution in [1.82, 2.24) is 9.78 Å². The van der Waals surface area contributed by atoms with Gasteiger partial charge in [0, 0.05) is 31.4 Å². The molecule has 2 aromatic rings. The molecular weight excluding hydrogens is 318 g/mol. The Kier molecular flexibility index (Phi) is 5.02. The van der Waals surface area contributed by atoms with Crippen LogP contribution in [0, 0.1) is 5.92 Å². The Morgan fingerprint density at radius 2 is 1.96 bits per heavy atom. The van der Waals surface area contributed by atoms with E-state index < -0.39 is 6.04 Å². The molecule has 1 aromatic carbocycles. The normalized spacial score (nSPS) is 16.4. The van der Waals surface area contributed by atoms with E-state index in [1.165, 1.54) is 0 Å². The van der Waals surface area contributed by atoms with Gasteiger partial charge in [0.1, 0.15) is 6.04 Å². The maximum atomic E-state index is 12.5. The Hall–Kier alpha value is -2.83. The van der Waals surface area contributed by atoms with Crippen LogP contribution in [-0.4, -0.2) is 34.7 Å². The number of piperidine rings is 1. The van der Waals surface area contributed by atoms with Crippen LogP contribution in [-0.2, 0) is 9.59 Å². The van der Waals surface area contributed by atoms with Crippen LogP contribution in [0.5, 0.6) is 0 Å². The summed E-state index contributed by atoms with van der Waals surface area (Å²) in [5.41, 5.74) is 7.14. The lowest BCUT2D eigenvalue weighted by atomic mass is 9.96. The Bertz CT molecular complexity index is 736. The van der Waals surface area contributed by atoms with Gasteiger partial charge in [0.05, 0.1) is 11.4 Å². The number of nitrogens with two attached hydrogens (primary N) is 1. The molecule has 1 fully saturated rings. The minimum absolute atomic E-state index is 0.0576. The fraction of sp³-hybridized carbons (Fsp3) is 0.389. The van der Waals surface area contributed by atoms with Crippen molar-refractivity contribution in [2.24, 2.45) is 11.7 Å². The Balaban J connectivity index is 1.71. The first-order chi connectivity index (χ1) is 12.1. The molecule has 1 saturated heterocycles. The Morgan fingerprint density at radius 3 is 2.60 bits per heavy atom. The quantitative estimate of drug-likeness (QED) is 0.867. The molecule has 1 aromatic heterocycles. The predicted molar refractivity (Wildman–Crippen MR) is 96.1 cm³/mol. The highest BCUT2D eigenvalue weighted by Gasteiger charge is 2.25. The number of hydrogen-bond acceptors (Lipinski definition) is 4. The summed E-state index contributed by atoms with van der Waals surface area (Å²) in [6.07, 6.45) is 4.90. The third-order valence-electron chi connectivity index (χ3n) is 4.70. The first-order valence-electron chi connectivity index (χ1n) is 8.49. The van der Waals surface area contributed by atoms with Gasteiger partial charge in [-0.2, -0.15) is 5.10 Å². The highest BCUT2D eigenvalue weighted by Crippen LogP contribution is 2.30. The summed E-state index contributed by atoms with van der Waals surface area (Å²) < 4.78 is 1.62. The molecule has 7 nitrogen and oxygen atoms in total. The van der Waals surface area contributed by atoms with Crippen molar-refractivity contribution >= 4 is 23.2 Å². The second-order valence-electron chi connectivity index (χ2n) is 6.33. The van der Waals surface area contributed by atoms with Crippen molar-refractivity contribution in [3.8, 4) is 0 Å². The molecule has 3 N–H and O–H groups in total. The van der Waals surface area contributed by atoms with Gasteiger partial charge in [-0.3, -0.25) is 14.3 Å². The fourth-order valence-corrected chi connectivity index (χ4v) is 3.13. The maximum absolute atomic E-state index is 12.5. The van der Waals surface area contributed by atoms with Crippen LogP contribution < -0.4 is 16.0 Å². The van der Waals surface area contributed by atoms with E-state index >= 15 is 0 Å². The van der Waals surface area contributed by atoms with E-state index in [1.54, 1.807) is 23.1 Å². The largest absolute Gasteiger partial charge is 0.370 e. The number of hydrogen-bond donors (Lipinski definition) is 2. The Labute approximate surface area is 146 Å². The van der Waals surface area contributed by atoms with E-state index in [2.05, 4.69) is 15.3 Å². The van der Waals surface area contributed by atoms with E-state index in [-0.39, 0.29) is 17.7 Å². The van der Waals surface area contributed by atoms with Gasteiger partial charge in [-0.05, 0) is 38.0 Å². The second kappa shape index (κ2) is 7.38. The molecule has 2 heterocycles. The maximum Gasteiger partial charge on any atom is 0.249 e. The van der Waals surface area contributed by atoms with Gasteiger partial charge in [-0.15, -0.1) is 0 Å². The summed E-state index contributed by atoms with van der Waals surface area (Å²) in [6.45, 7) is 3.30. The summed E-state index contributed by atoms with van der Waals surface area (Å²) in [4.78, 5) is 26.1. The number of carbonyl (C=O) groups is 2. The average Bonchev–Trinajstić information content (AvgIpc) is 3.16. The standard InChI is InChI=1S/C18H23N5O2/c1-13(23-10-4-9-20-23)18(25)21-15-5-2-3-6-16(15)22-11-7-14(8-12-22)17(19)24/h2-6,9-10,13-14H,7-8,11-12H2,1H3,(H2,19,24)(H,21,25). The van der Waals surface area contributed by atoms with Crippen LogP contribution in [0.4, 0.5) is 11.4 Å². The van der Waals surface area contributed by atoms with Gasteiger partial charge in [-0.1, -0.05) is 12.1 Å². The molecule has 1 aliphatic heterocycles. The Morgan fingerprint density at radius 1 is 1.24 bits per heavy atom. The molecular formula is C18H23N5O2. The van der Waals surface area contributed by atoms with Crippen LogP contribution >= 0.6 is 0 Å². The molecule has 1 unspecified atom stereocenters. The topological polar surface area (TPSA) is 93.3 Å². The molecule has 1 aliphatic rings. The number of anilines is 2. The zero-order valence-corrected chi connectivity index (χ0v) is 14.3. The van der Waals surface area contributed by atoms with Crippen LogP contribution in [0.2, 0.25) is 0 Å². The molecule has 0 spiro atoms. The second-order valence-corrected chi connectivity index (χ2v) is 6.33. The number of primary amides is 1. The molecule has 1 atom stereocenters. The third kappa shape index (κ3) is 3.81. The first-order valence-corrected chi connectivity index (χ1v) is 8.49. The molecule has 25 heavy (non-hydrogen) atoms. The molecule has 3 rings (SSSR count). The molecule has 132 valence electrons. The van der Waals surface area contributed by atoms with E-state index in [9.17, 15) is 9.59 Å². The van der Waals surface area contributed by atoms with Crippen molar-refractivity contribution in [2.45, 2.75) is 25.8 Å². The molecule has 0 aliphatic carbocycles. The molecule has 0 bridgehead atoms. The van der Waals surface area contributed by atoms with Crippen molar-refractivity contribution < 1.29 is 9.59 Å². The van der Waals surface area contributed by atoms with Crippen LogP contribution in [0.15, 0.2) is 42.7 Å². The predicted octanol–water partition coefficient (Wildman–Crippen LogP) is 1.78. The number of aromatic nitrogens is 2. The fourth-order valence-electron chi connectivity index (χ4n) is 3.13. The van der Waals surface area contributed by atoms with Gasteiger partial charge in [0.15, 0.2) is 0 Å². The van der Waals surface area contributed by atoms with Gasteiger partial charge in [0.25, 0.3) is 0 Å². The minimum Gasteiger partial charge on any atom is -0.370 e.